The van der Waals surface area contributed by atoms with Crippen LogP contribution < -0.4 is 5.32 Å². The van der Waals surface area contributed by atoms with E-state index >= 15 is 0 Å². The zero-order chi connectivity index (χ0) is 12.3. The van der Waals surface area contributed by atoms with Gasteiger partial charge in [-0.3, -0.25) is 5.10 Å². The molecule has 6 heteroatoms. The van der Waals surface area contributed by atoms with Crippen LogP contribution in [0.3, 0.4) is 0 Å². The molecular formula is C11H10Cl3N3. The number of hydrogen-bond acceptors (Lipinski definition) is 2. The average molecular weight is 291 g/mol. The van der Waals surface area contributed by atoms with Gasteiger partial charge >= 0.3 is 0 Å². The van der Waals surface area contributed by atoms with Crippen molar-refractivity contribution in [3.63, 3.8) is 0 Å². The number of nitrogens with zero attached hydrogens (tertiary/aromatic N) is 1. The zero-order valence-electron chi connectivity index (χ0n) is 8.80. The Morgan fingerprint density at radius 2 is 1.82 bits per heavy atom. The Hall–Kier alpha value is -0.740. The summed E-state index contributed by atoms with van der Waals surface area (Å²) in [5.74, 6) is 0. The number of rotatable bonds is 4. The lowest BCUT2D eigenvalue weighted by Crippen LogP contribution is -2.13. The molecule has 0 unspecified atom stereocenters. The molecule has 0 saturated carbocycles. The molecule has 0 saturated heterocycles. The molecule has 1 aromatic carbocycles. The molecule has 0 fully saturated rings. The molecule has 3 nitrogen and oxygen atoms in total. The quantitative estimate of drug-likeness (QED) is 0.844. The van der Waals surface area contributed by atoms with Crippen molar-refractivity contribution in [1.82, 2.24) is 15.5 Å². The standard InChI is InChI=1S/C11H10Cl3N3/c12-9-1-2-10(13)11(14)8(9)6-15-5-7-3-4-16-17-7/h1-4,15H,5-6H2,(H,16,17). The lowest BCUT2D eigenvalue weighted by atomic mass is 10.2. The number of nitrogens with one attached hydrogen (secondary N) is 2. The van der Waals surface area contributed by atoms with Gasteiger partial charge in [-0.15, -0.1) is 0 Å². The summed E-state index contributed by atoms with van der Waals surface area (Å²) in [6.07, 6.45) is 1.70. The molecule has 0 aliphatic rings. The van der Waals surface area contributed by atoms with Gasteiger partial charge in [-0.25, -0.2) is 0 Å². The van der Waals surface area contributed by atoms with Crippen molar-refractivity contribution in [3.8, 4) is 0 Å². The number of hydrogen-bond donors (Lipinski definition) is 2. The van der Waals surface area contributed by atoms with Gasteiger partial charge in [0.15, 0.2) is 0 Å². The van der Waals surface area contributed by atoms with Gasteiger partial charge in [-0.2, -0.15) is 5.10 Å². The van der Waals surface area contributed by atoms with Crippen LogP contribution in [0.4, 0.5) is 0 Å². The Labute approximate surface area is 114 Å². The largest absolute Gasteiger partial charge is 0.307 e. The van der Waals surface area contributed by atoms with Crippen molar-refractivity contribution in [2.45, 2.75) is 13.1 Å². The number of aromatic amines is 1. The fourth-order valence-electron chi connectivity index (χ4n) is 1.44. The van der Waals surface area contributed by atoms with Gasteiger partial charge in [0, 0.05) is 35.6 Å². The maximum Gasteiger partial charge on any atom is 0.0652 e. The summed E-state index contributed by atoms with van der Waals surface area (Å²) in [7, 11) is 0. The summed E-state index contributed by atoms with van der Waals surface area (Å²) in [5.41, 5.74) is 1.81. The van der Waals surface area contributed by atoms with Crippen molar-refractivity contribution in [3.05, 3.63) is 50.7 Å². The van der Waals surface area contributed by atoms with Crippen molar-refractivity contribution < 1.29 is 0 Å². The first kappa shape index (κ1) is 12.7. The molecule has 0 radical (unpaired) electrons. The van der Waals surface area contributed by atoms with Crippen LogP contribution in [0.2, 0.25) is 15.1 Å². The molecule has 1 aromatic heterocycles. The van der Waals surface area contributed by atoms with Gasteiger partial charge in [-0.05, 0) is 18.2 Å². The number of halogens is 3. The van der Waals surface area contributed by atoms with Crippen LogP contribution in [-0.2, 0) is 13.1 Å². The fourth-order valence-corrected chi connectivity index (χ4v) is 2.12. The summed E-state index contributed by atoms with van der Waals surface area (Å²) in [6.45, 7) is 1.22. The number of aromatic nitrogens is 2. The fraction of sp³-hybridized carbons (Fsp3) is 0.182. The minimum atomic E-state index is 0.497. The summed E-state index contributed by atoms with van der Waals surface area (Å²) in [6, 6.07) is 5.32. The SMILES string of the molecule is Clc1ccc(Cl)c(CNCc2ccn[nH]2)c1Cl. The number of H-pyrrole nitrogens is 1. The van der Waals surface area contributed by atoms with Crippen molar-refractivity contribution in [2.75, 3.05) is 0 Å². The molecule has 2 rings (SSSR count). The Bertz CT molecular complexity index is 497. The van der Waals surface area contributed by atoms with E-state index in [1.165, 1.54) is 0 Å². The molecule has 0 aliphatic carbocycles. The van der Waals surface area contributed by atoms with Gasteiger partial charge in [0.25, 0.3) is 0 Å². The Morgan fingerprint density at radius 1 is 1.06 bits per heavy atom. The van der Waals surface area contributed by atoms with Crippen molar-refractivity contribution >= 4 is 34.8 Å². The first-order chi connectivity index (χ1) is 8.18. The first-order valence-electron chi connectivity index (χ1n) is 5.00. The van der Waals surface area contributed by atoms with Gasteiger partial charge in [0.05, 0.1) is 10.0 Å². The maximum atomic E-state index is 6.08. The third-order valence-electron chi connectivity index (χ3n) is 2.31. The second kappa shape index (κ2) is 5.74. The molecule has 0 bridgehead atoms. The molecule has 17 heavy (non-hydrogen) atoms. The van der Waals surface area contributed by atoms with Crippen molar-refractivity contribution in [2.24, 2.45) is 0 Å². The van der Waals surface area contributed by atoms with Crippen LogP contribution in [0.25, 0.3) is 0 Å². The molecule has 0 aliphatic heterocycles. The Kier molecular flexibility index (Phi) is 4.29. The lowest BCUT2D eigenvalue weighted by molar-refractivity contribution is 0.677. The van der Waals surface area contributed by atoms with Crippen LogP contribution in [-0.4, -0.2) is 10.2 Å². The molecule has 0 spiro atoms. The van der Waals surface area contributed by atoms with E-state index in [2.05, 4.69) is 15.5 Å². The molecule has 1 heterocycles. The highest BCUT2D eigenvalue weighted by atomic mass is 35.5. The van der Waals surface area contributed by atoms with Crippen LogP contribution in [0, 0.1) is 0 Å². The van der Waals surface area contributed by atoms with Gasteiger partial charge < -0.3 is 5.32 Å². The molecule has 0 amide bonds. The second-order valence-electron chi connectivity index (χ2n) is 3.51. The van der Waals surface area contributed by atoms with Gasteiger partial charge in [0.2, 0.25) is 0 Å². The van der Waals surface area contributed by atoms with Gasteiger partial charge in [0.1, 0.15) is 0 Å². The second-order valence-corrected chi connectivity index (χ2v) is 4.70. The topological polar surface area (TPSA) is 40.7 Å². The Balaban J connectivity index is 2.01. The smallest absolute Gasteiger partial charge is 0.0652 e. The summed E-state index contributed by atoms with van der Waals surface area (Å²) >= 11 is 18.1. The van der Waals surface area contributed by atoms with Crippen molar-refractivity contribution in [1.29, 1.82) is 0 Å². The van der Waals surface area contributed by atoms with E-state index in [1.807, 2.05) is 6.07 Å². The zero-order valence-corrected chi connectivity index (χ0v) is 11.1. The normalized spacial score (nSPS) is 10.8. The van der Waals surface area contributed by atoms with E-state index in [4.69, 9.17) is 34.8 Å². The summed E-state index contributed by atoms with van der Waals surface area (Å²) in [4.78, 5) is 0. The number of benzene rings is 1. The molecule has 0 atom stereocenters. The first-order valence-corrected chi connectivity index (χ1v) is 6.13. The highest BCUT2D eigenvalue weighted by Crippen LogP contribution is 2.31. The van der Waals surface area contributed by atoms with Crippen LogP contribution in [0.1, 0.15) is 11.3 Å². The van der Waals surface area contributed by atoms with E-state index < -0.39 is 0 Å². The van der Waals surface area contributed by atoms with E-state index in [0.717, 1.165) is 11.3 Å². The average Bonchev–Trinajstić information content (AvgIpc) is 2.81. The molecule has 2 aromatic rings. The summed E-state index contributed by atoms with van der Waals surface area (Å²) in [5, 5.41) is 11.5. The van der Waals surface area contributed by atoms with Crippen LogP contribution in [0.5, 0.6) is 0 Å². The highest BCUT2D eigenvalue weighted by Gasteiger charge is 2.09. The summed E-state index contributed by atoms with van der Waals surface area (Å²) < 4.78 is 0. The maximum absolute atomic E-state index is 6.08. The third kappa shape index (κ3) is 3.13. The third-order valence-corrected chi connectivity index (χ3v) is 3.51. The van der Waals surface area contributed by atoms with Gasteiger partial charge in [-0.1, -0.05) is 34.8 Å². The molecule has 2 N–H and O–H groups in total. The molecular weight excluding hydrogens is 281 g/mol. The lowest BCUT2D eigenvalue weighted by Gasteiger charge is -2.09. The van der Waals surface area contributed by atoms with E-state index in [-0.39, 0.29) is 0 Å². The minimum absolute atomic E-state index is 0.497. The van der Waals surface area contributed by atoms with E-state index in [1.54, 1.807) is 18.3 Å². The van der Waals surface area contributed by atoms with Crippen LogP contribution >= 0.6 is 34.8 Å². The predicted molar refractivity (Wildman–Crippen MR) is 70.6 cm³/mol. The van der Waals surface area contributed by atoms with E-state index in [9.17, 15) is 0 Å². The highest BCUT2D eigenvalue weighted by molar-refractivity contribution is 6.44. The Morgan fingerprint density at radius 3 is 2.53 bits per heavy atom. The van der Waals surface area contributed by atoms with E-state index in [0.29, 0.717) is 28.2 Å². The van der Waals surface area contributed by atoms with Crippen LogP contribution in [0.15, 0.2) is 24.4 Å². The monoisotopic (exact) mass is 289 g/mol. The predicted octanol–water partition coefficient (Wildman–Crippen LogP) is 3.66. The minimum Gasteiger partial charge on any atom is -0.307 e. The molecule has 90 valence electrons.